The molecule has 0 heterocycles. The van der Waals surface area contributed by atoms with Gasteiger partial charge in [0, 0.05) is 0 Å². The van der Waals surface area contributed by atoms with Crippen LogP contribution in [-0.2, 0) is 10.4 Å². The van der Waals surface area contributed by atoms with Gasteiger partial charge in [-0.15, -0.1) is 0 Å². The molecular weight excluding hydrogens is 238 g/mol. The summed E-state index contributed by atoms with van der Waals surface area (Å²) in [6.45, 7) is 9.08. The quantitative estimate of drug-likeness (QED) is 0.671. The molecule has 0 aliphatic carbocycles. The van der Waals surface area contributed by atoms with Crippen molar-refractivity contribution in [2.24, 2.45) is 11.8 Å². The van der Waals surface area contributed by atoms with Crippen LogP contribution in [0.3, 0.4) is 0 Å². The minimum absolute atomic E-state index is 0. The van der Waals surface area contributed by atoms with E-state index >= 15 is 0 Å². The van der Waals surface area contributed by atoms with Crippen molar-refractivity contribution in [2.75, 3.05) is 11.5 Å². The molecule has 15 heavy (non-hydrogen) atoms. The van der Waals surface area contributed by atoms with E-state index in [1.54, 1.807) is 0 Å². The summed E-state index contributed by atoms with van der Waals surface area (Å²) in [7, 11) is -4.67. The summed E-state index contributed by atoms with van der Waals surface area (Å²) >= 11 is 2.07. The molecule has 0 aromatic rings. The zero-order chi connectivity index (χ0) is 11.8. The maximum atomic E-state index is 8.74. The summed E-state index contributed by atoms with van der Waals surface area (Å²) < 4.78 is 31.6. The Morgan fingerprint density at radius 3 is 1.33 bits per heavy atom. The largest absolute Gasteiger partial charge is 0.394 e. The third kappa shape index (κ3) is 55.1. The van der Waals surface area contributed by atoms with Crippen LogP contribution in [0.1, 0.15) is 27.7 Å². The molecule has 0 aromatic carbocycles. The van der Waals surface area contributed by atoms with Gasteiger partial charge in [0.05, 0.1) is 0 Å². The highest BCUT2D eigenvalue weighted by Crippen LogP contribution is 2.11. The lowest BCUT2D eigenvalue weighted by molar-refractivity contribution is 0.381. The molecule has 5 N–H and O–H groups in total. The van der Waals surface area contributed by atoms with E-state index in [4.69, 9.17) is 17.5 Å². The first-order chi connectivity index (χ1) is 6.13. The molecule has 0 spiro atoms. The van der Waals surface area contributed by atoms with Crippen molar-refractivity contribution < 1.29 is 17.5 Å². The zero-order valence-electron chi connectivity index (χ0n) is 9.80. The van der Waals surface area contributed by atoms with Crippen molar-refractivity contribution in [3.05, 3.63) is 0 Å². The monoisotopic (exact) mass is 261 g/mol. The van der Waals surface area contributed by atoms with Crippen LogP contribution in [-0.4, -0.2) is 29.0 Å². The molecule has 0 aliphatic heterocycles. The topological polar surface area (TPSA) is 110 Å². The van der Waals surface area contributed by atoms with E-state index in [1.807, 2.05) is 0 Å². The Morgan fingerprint density at radius 2 is 1.20 bits per heavy atom. The fraction of sp³-hybridized carbons (Fsp3) is 1.00. The second-order valence-electron chi connectivity index (χ2n) is 3.77. The fourth-order valence-corrected chi connectivity index (χ4v) is 1.62. The highest BCUT2D eigenvalue weighted by Gasteiger charge is 1.96. The maximum Gasteiger partial charge on any atom is 0.394 e. The van der Waals surface area contributed by atoms with Gasteiger partial charge in [0.1, 0.15) is 0 Å². The van der Waals surface area contributed by atoms with E-state index in [0.29, 0.717) is 0 Å². The smallest absolute Gasteiger partial charge is 0.344 e. The van der Waals surface area contributed by atoms with Gasteiger partial charge in [-0.1, -0.05) is 27.7 Å². The van der Waals surface area contributed by atoms with Crippen molar-refractivity contribution in [2.45, 2.75) is 27.7 Å². The molecule has 96 valence electrons. The van der Waals surface area contributed by atoms with Crippen LogP contribution >= 0.6 is 11.8 Å². The average Bonchev–Trinajstić information content (AvgIpc) is 1.80. The van der Waals surface area contributed by atoms with Crippen molar-refractivity contribution in [3.8, 4) is 0 Å². The minimum Gasteiger partial charge on any atom is -0.344 e. The first-order valence-corrected chi connectivity index (χ1v) is 6.95. The average molecular weight is 261 g/mol. The van der Waals surface area contributed by atoms with Crippen LogP contribution in [0.5, 0.6) is 0 Å². The number of thioether (sulfide) groups is 1. The van der Waals surface area contributed by atoms with E-state index in [-0.39, 0.29) is 6.15 Å². The summed E-state index contributed by atoms with van der Waals surface area (Å²) in [5.41, 5.74) is 0. The van der Waals surface area contributed by atoms with Crippen molar-refractivity contribution in [1.82, 2.24) is 6.15 Å². The molecule has 0 bridgehead atoms. The van der Waals surface area contributed by atoms with E-state index < -0.39 is 10.4 Å². The lowest BCUT2D eigenvalue weighted by Crippen LogP contribution is -1.96. The second-order valence-corrected chi connectivity index (χ2v) is 5.74. The van der Waals surface area contributed by atoms with Gasteiger partial charge in [0.15, 0.2) is 0 Å². The van der Waals surface area contributed by atoms with Gasteiger partial charge in [0.25, 0.3) is 0 Å². The zero-order valence-corrected chi connectivity index (χ0v) is 11.4. The van der Waals surface area contributed by atoms with E-state index in [2.05, 4.69) is 39.5 Å². The Labute approximate surface area is 97.2 Å². The first-order valence-electron chi connectivity index (χ1n) is 4.40. The molecule has 0 aromatic heterocycles. The molecule has 5 nitrogen and oxygen atoms in total. The third-order valence-electron chi connectivity index (χ3n) is 0.902. The number of hydrogen-bond acceptors (Lipinski definition) is 4. The summed E-state index contributed by atoms with van der Waals surface area (Å²) in [5, 5.41) is 0. The molecular formula is C8H23NO4S2. The number of rotatable bonds is 4. The van der Waals surface area contributed by atoms with Crippen LogP contribution < -0.4 is 6.15 Å². The molecule has 7 heteroatoms. The van der Waals surface area contributed by atoms with E-state index in [0.717, 1.165) is 11.8 Å². The molecule has 0 unspecified atom stereocenters. The van der Waals surface area contributed by atoms with Gasteiger partial charge >= 0.3 is 10.4 Å². The summed E-state index contributed by atoms with van der Waals surface area (Å²) in [4.78, 5) is 0. The SMILES string of the molecule is CC(C)CSCC(C)C.N.O=S(=O)(O)O. The maximum absolute atomic E-state index is 8.74. The normalized spacial score (nSPS) is 10.7. The highest BCUT2D eigenvalue weighted by atomic mass is 32.3. The van der Waals surface area contributed by atoms with Gasteiger partial charge in [0.2, 0.25) is 0 Å². The molecule has 0 saturated heterocycles. The Morgan fingerprint density at radius 1 is 1.00 bits per heavy atom. The molecule has 0 rings (SSSR count). The van der Waals surface area contributed by atoms with E-state index in [9.17, 15) is 0 Å². The van der Waals surface area contributed by atoms with Gasteiger partial charge in [-0.05, 0) is 23.3 Å². The predicted molar refractivity (Wildman–Crippen MR) is 66.2 cm³/mol. The molecule has 0 radical (unpaired) electrons. The summed E-state index contributed by atoms with van der Waals surface area (Å²) in [6.07, 6.45) is 0. The molecule has 0 saturated carbocycles. The van der Waals surface area contributed by atoms with Gasteiger partial charge in [-0.3, -0.25) is 9.11 Å². The minimum atomic E-state index is -4.67. The predicted octanol–water partition coefficient (Wildman–Crippen LogP) is 2.54. The van der Waals surface area contributed by atoms with Crippen molar-refractivity contribution in [1.29, 1.82) is 0 Å². The third-order valence-corrected chi connectivity index (χ3v) is 2.71. The van der Waals surface area contributed by atoms with Crippen LogP contribution in [0.15, 0.2) is 0 Å². The van der Waals surface area contributed by atoms with Crippen molar-refractivity contribution in [3.63, 3.8) is 0 Å². The fourth-order valence-electron chi connectivity index (χ4n) is 0.539. The lowest BCUT2D eigenvalue weighted by atomic mass is 10.3. The summed E-state index contributed by atoms with van der Waals surface area (Å²) in [5.74, 6) is 4.35. The van der Waals surface area contributed by atoms with Crippen LogP contribution in [0, 0.1) is 11.8 Å². The Bertz CT molecular complexity index is 199. The van der Waals surface area contributed by atoms with Gasteiger partial charge in [-0.2, -0.15) is 20.2 Å². The van der Waals surface area contributed by atoms with Gasteiger partial charge in [-0.25, -0.2) is 0 Å². The molecule has 0 amide bonds. The van der Waals surface area contributed by atoms with Crippen molar-refractivity contribution >= 4 is 22.2 Å². The standard InChI is InChI=1S/C8H18S.H3N.H2O4S/c1-7(2)5-9-6-8(3)4;;1-5(2,3)4/h7-8H,5-6H2,1-4H3;1H3;(H2,1,2,3,4). The number of hydrogen-bond donors (Lipinski definition) is 3. The van der Waals surface area contributed by atoms with Crippen LogP contribution in [0.2, 0.25) is 0 Å². The first kappa shape index (κ1) is 20.6. The Balaban J connectivity index is -0.000000208. The second kappa shape index (κ2) is 10.7. The van der Waals surface area contributed by atoms with Crippen LogP contribution in [0.25, 0.3) is 0 Å². The summed E-state index contributed by atoms with van der Waals surface area (Å²) in [6, 6.07) is 0. The lowest BCUT2D eigenvalue weighted by Gasteiger charge is -2.05. The Hall–Kier alpha value is 0.180. The van der Waals surface area contributed by atoms with Crippen LogP contribution in [0.4, 0.5) is 0 Å². The Kier molecular flexibility index (Phi) is 14.7. The van der Waals surface area contributed by atoms with Gasteiger partial charge < -0.3 is 6.15 Å². The molecule has 0 aliphatic rings. The highest BCUT2D eigenvalue weighted by molar-refractivity contribution is 7.99. The van der Waals surface area contributed by atoms with E-state index in [1.165, 1.54) is 11.5 Å². The molecule has 0 fully saturated rings. The molecule has 0 atom stereocenters.